The molecule has 2 aromatic carbocycles. The van der Waals surface area contributed by atoms with Crippen LogP contribution in [-0.2, 0) is 16.1 Å². The molecule has 2 heterocycles. The molecule has 0 aliphatic carbocycles. The zero-order valence-corrected chi connectivity index (χ0v) is 21.0. The fraction of sp³-hybridized carbons (Fsp3) is 0.500. The standard InChI is InChI=1S/C28H35F2N3O3/c1-3-4-13-33-26(34)17-23(27(33)20-6-8-22(36-2)9-7-20)28(35)31-21-11-14-32(15-12-21)18-19-5-10-24(29)25(30)16-19/h5-10,16,21,23,27H,3-4,11-15,17-18H2,1-2H3,(H,31,35). The molecule has 194 valence electrons. The van der Waals surface area contributed by atoms with Gasteiger partial charge < -0.3 is 15.0 Å². The molecular weight excluding hydrogens is 464 g/mol. The monoisotopic (exact) mass is 499 g/mol. The summed E-state index contributed by atoms with van der Waals surface area (Å²) in [6.45, 7) is 4.77. The number of likely N-dealkylation sites (tertiary alicyclic amines) is 2. The number of ether oxygens (including phenoxy) is 1. The van der Waals surface area contributed by atoms with E-state index in [0.717, 1.165) is 61.7 Å². The molecule has 0 saturated carbocycles. The van der Waals surface area contributed by atoms with Crippen molar-refractivity contribution in [2.24, 2.45) is 5.92 Å². The van der Waals surface area contributed by atoms with Crippen LogP contribution >= 0.6 is 0 Å². The summed E-state index contributed by atoms with van der Waals surface area (Å²) >= 11 is 0. The number of rotatable bonds is 9. The molecule has 0 spiro atoms. The Bertz CT molecular complexity index is 1050. The first kappa shape index (κ1) is 26.1. The number of hydrogen-bond donors (Lipinski definition) is 1. The van der Waals surface area contributed by atoms with Gasteiger partial charge in [0.25, 0.3) is 0 Å². The molecule has 0 aromatic heterocycles. The third-order valence-corrected chi connectivity index (χ3v) is 7.30. The average molecular weight is 500 g/mol. The van der Waals surface area contributed by atoms with E-state index >= 15 is 0 Å². The molecule has 8 heteroatoms. The van der Waals surface area contributed by atoms with E-state index in [-0.39, 0.29) is 30.3 Å². The molecule has 2 aliphatic rings. The van der Waals surface area contributed by atoms with Crippen LogP contribution in [0.5, 0.6) is 5.75 Å². The molecule has 2 saturated heterocycles. The van der Waals surface area contributed by atoms with Gasteiger partial charge in [-0.25, -0.2) is 8.78 Å². The lowest BCUT2D eigenvalue weighted by Gasteiger charge is -2.34. The van der Waals surface area contributed by atoms with Crippen LogP contribution in [0.25, 0.3) is 0 Å². The van der Waals surface area contributed by atoms with Crippen molar-refractivity contribution in [1.82, 2.24) is 15.1 Å². The second kappa shape index (κ2) is 11.8. The number of halogens is 2. The number of amides is 2. The van der Waals surface area contributed by atoms with Crippen LogP contribution < -0.4 is 10.1 Å². The lowest BCUT2D eigenvalue weighted by atomic mass is 9.91. The van der Waals surface area contributed by atoms with Gasteiger partial charge in [-0.3, -0.25) is 14.5 Å². The van der Waals surface area contributed by atoms with E-state index < -0.39 is 17.6 Å². The largest absolute Gasteiger partial charge is 0.497 e. The van der Waals surface area contributed by atoms with Crippen LogP contribution in [0.1, 0.15) is 56.2 Å². The van der Waals surface area contributed by atoms with Gasteiger partial charge >= 0.3 is 0 Å². The Morgan fingerprint density at radius 3 is 2.44 bits per heavy atom. The number of piperidine rings is 1. The Labute approximate surface area is 211 Å². The maximum absolute atomic E-state index is 13.5. The summed E-state index contributed by atoms with van der Waals surface area (Å²) in [6.07, 6.45) is 3.61. The van der Waals surface area contributed by atoms with Crippen LogP contribution in [0.4, 0.5) is 8.78 Å². The van der Waals surface area contributed by atoms with Crippen molar-refractivity contribution in [2.75, 3.05) is 26.7 Å². The second-order valence-electron chi connectivity index (χ2n) is 9.78. The van der Waals surface area contributed by atoms with Gasteiger partial charge in [0, 0.05) is 38.6 Å². The molecular formula is C28H35F2N3O3. The van der Waals surface area contributed by atoms with Gasteiger partial charge in [-0.15, -0.1) is 0 Å². The maximum Gasteiger partial charge on any atom is 0.226 e. The minimum Gasteiger partial charge on any atom is -0.497 e. The summed E-state index contributed by atoms with van der Waals surface area (Å²) in [5.74, 6) is -1.44. The molecule has 2 amide bonds. The first-order valence-electron chi connectivity index (χ1n) is 12.8. The molecule has 4 rings (SSSR count). The summed E-state index contributed by atoms with van der Waals surface area (Å²) in [4.78, 5) is 30.4. The number of nitrogens with one attached hydrogen (secondary N) is 1. The van der Waals surface area contributed by atoms with E-state index in [1.165, 1.54) is 6.07 Å². The van der Waals surface area contributed by atoms with Crippen LogP contribution in [0.15, 0.2) is 42.5 Å². The minimum absolute atomic E-state index is 0.0192. The van der Waals surface area contributed by atoms with Crippen molar-refractivity contribution in [3.63, 3.8) is 0 Å². The molecule has 1 N–H and O–H groups in total. The van der Waals surface area contributed by atoms with E-state index in [1.54, 1.807) is 13.2 Å². The Morgan fingerprint density at radius 2 is 1.81 bits per heavy atom. The van der Waals surface area contributed by atoms with Gasteiger partial charge in [-0.1, -0.05) is 31.5 Å². The first-order chi connectivity index (χ1) is 17.4. The van der Waals surface area contributed by atoms with Gasteiger partial charge in [0.1, 0.15) is 5.75 Å². The molecule has 2 unspecified atom stereocenters. The Kier molecular flexibility index (Phi) is 8.56. The van der Waals surface area contributed by atoms with Crippen molar-refractivity contribution >= 4 is 11.8 Å². The van der Waals surface area contributed by atoms with Gasteiger partial charge in [-0.05, 0) is 54.7 Å². The quantitative estimate of drug-likeness (QED) is 0.554. The average Bonchev–Trinajstić information content (AvgIpc) is 3.22. The van der Waals surface area contributed by atoms with E-state index in [4.69, 9.17) is 4.74 Å². The normalized spacial score (nSPS) is 21.1. The van der Waals surface area contributed by atoms with Gasteiger partial charge in [-0.2, -0.15) is 0 Å². The molecule has 0 radical (unpaired) electrons. The highest BCUT2D eigenvalue weighted by atomic mass is 19.2. The number of methoxy groups -OCH3 is 1. The number of carbonyl (C=O) groups excluding carboxylic acids is 2. The van der Waals surface area contributed by atoms with E-state index in [0.29, 0.717) is 13.1 Å². The van der Waals surface area contributed by atoms with Crippen LogP contribution in [0.2, 0.25) is 0 Å². The van der Waals surface area contributed by atoms with Gasteiger partial charge in [0.2, 0.25) is 11.8 Å². The van der Waals surface area contributed by atoms with E-state index in [1.807, 2.05) is 29.2 Å². The van der Waals surface area contributed by atoms with E-state index in [2.05, 4.69) is 17.1 Å². The molecule has 2 fully saturated rings. The molecule has 2 aliphatic heterocycles. The summed E-state index contributed by atoms with van der Waals surface area (Å²) in [5, 5.41) is 3.20. The predicted octanol–water partition coefficient (Wildman–Crippen LogP) is 4.44. The second-order valence-corrected chi connectivity index (χ2v) is 9.78. The van der Waals surface area contributed by atoms with Crippen molar-refractivity contribution < 1.29 is 23.1 Å². The predicted molar refractivity (Wildman–Crippen MR) is 133 cm³/mol. The highest BCUT2D eigenvalue weighted by molar-refractivity contribution is 5.90. The summed E-state index contributed by atoms with van der Waals surface area (Å²) in [6, 6.07) is 11.4. The fourth-order valence-electron chi connectivity index (χ4n) is 5.27. The van der Waals surface area contributed by atoms with Gasteiger partial charge in [0.15, 0.2) is 11.6 Å². The fourth-order valence-corrected chi connectivity index (χ4v) is 5.27. The number of hydrogen-bond acceptors (Lipinski definition) is 4. The number of benzene rings is 2. The molecule has 0 bridgehead atoms. The SMILES string of the molecule is CCCCN1C(=O)CC(C(=O)NC2CCN(Cc3ccc(F)c(F)c3)CC2)C1c1ccc(OC)cc1. The zero-order valence-electron chi connectivity index (χ0n) is 21.0. The summed E-state index contributed by atoms with van der Waals surface area (Å²) in [5.41, 5.74) is 1.68. The molecule has 6 nitrogen and oxygen atoms in total. The van der Waals surface area contributed by atoms with Crippen molar-refractivity contribution in [2.45, 2.75) is 57.7 Å². The topological polar surface area (TPSA) is 61.9 Å². The third kappa shape index (κ3) is 6.03. The van der Waals surface area contributed by atoms with Crippen molar-refractivity contribution in [1.29, 1.82) is 0 Å². The first-order valence-corrected chi connectivity index (χ1v) is 12.8. The molecule has 36 heavy (non-hydrogen) atoms. The Balaban J connectivity index is 1.38. The van der Waals surface area contributed by atoms with Crippen LogP contribution in [0.3, 0.4) is 0 Å². The van der Waals surface area contributed by atoms with E-state index in [9.17, 15) is 18.4 Å². The Morgan fingerprint density at radius 1 is 1.08 bits per heavy atom. The number of nitrogens with zero attached hydrogens (tertiary/aromatic N) is 2. The summed E-state index contributed by atoms with van der Waals surface area (Å²) in [7, 11) is 1.61. The highest BCUT2D eigenvalue weighted by Crippen LogP contribution is 2.39. The number of unbranched alkanes of at least 4 members (excludes halogenated alkanes) is 1. The van der Waals surface area contributed by atoms with Crippen molar-refractivity contribution in [3.05, 3.63) is 65.2 Å². The third-order valence-electron chi connectivity index (χ3n) is 7.30. The van der Waals surface area contributed by atoms with Crippen LogP contribution in [0, 0.1) is 17.6 Å². The van der Waals surface area contributed by atoms with Crippen molar-refractivity contribution in [3.8, 4) is 5.75 Å². The minimum atomic E-state index is -0.841. The smallest absolute Gasteiger partial charge is 0.226 e. The van der Waals surface area contributed by atoms with Gasteiger partial charge in [0.05, 0.1) is 19.1 Å². The molecule has 2 atom stereocenters. The lowest BCUT2D eigenvalue weighted by molar-refractivity contribution is -0.129. The maximum atomic E-state index is 13.5. The zero-order chi connectivity index (χ0) is 25.7. The lowest BCUT2D eigenvalue weighted by Crippen LogP contribution is -2.46. The Hall–Kier alpha value is -3.00. The molecule has 2 aromatic rings. The summed E-state index contributed by atoms with van der Waals surface area (Å²) < 4.78 is 32.0. The van der Waals surface area contributed by atoms with Crippen LogP contribution in [-0.4, -0.2) is 54.4 Å². The highest BCUT2D eigenvalue weighted by Gasteiger charge is 2.44. The number of carbonyl (C=O) groups is 2.